The minimum absolute atomic E-state index is 0.0731. The van der Waals surface area contributed by atoms with Crippen LogP contribution in [0.3, 0.4) is 0 Å². The number of carbonyl (C=O) groups is 2. The Morgan fingerprint density at radius 1 is 1.06 bits per heavy atom. The van der Waals surface area contributed by atoms with E-state index in [1.165, 1.54) is 38.2 Å². The number of hydrogen-bond donors (Lipinski definition) is 3. The molecule has 0 saturated heterocycles. The second kappa shape index (κ2) is 12.2. The highest BCUT2D eigenvalue weighted by atomic mass is 16.2. The van der Waals surface area contributed by atoms with Crippen LogP contribution in [0, 0.1) is 5.92 Å². The first-order valence-electron chi connectivity index (χ1n) is 11.9. The van der Waals surface area contributed by atoms with E-state index in [-0.39, 0.29) is 17.9 Å². The first-order chi connectivity index (χ1) is 15.9. The fraction of sp³-hybridized carbons (Fsp3) is 0.407. The van der Waals surface area contributed by atoms with Crippen LogP contribution < -0.4 is 16.5 Å². The van der Waals surface area contributed by atoms with E-state index in [0.717, 1.165) is 17.7 Å². The third-order valence-electron chi connectivity index (χ3n) is 6.04. The van der Waals surface area contributed by atoms with Crippen molar-refractivity contribution < 1.29 is 9.59 Å². The van der Waals surface area contributed by atoms with Gasteiger partial charge in [-0.05, 0) is 61.9 Å². The standard InChI is InChI=1S/C27H36N4O2/c1-20(2)31(29-19-23-8-4-3-5-9-23)27(33)18-22-14-12-21(13-15-22)16-17-26(32)30-25-11-7-6-10-24(25)28/h6-7,10-17,20,23,29H,3-5,8-9,18-19,28H2,1-2H3,(H,30,32)/b17-16+. The molecule has 4 N–H and O–H groups in total. The number of rotatable bonds is 9. The fourth-order valence-corrected chi connectivity index (χ4v) is 4.14. The molecule has 1 fully saturated rings. The molecule has 3 rings (SSSR count). The van der Waals surface area contributed by atoms with Crippen LogP contribution in [0.5, 0.6) is 0 Å². The highest BCUT2D eigenvalue weighted by molar-refractivity contribution is 6.03. The van der Waals surface area contributed by atoms with Crippen LogP contribution in [0.1, 0.15) is 57.1 Å². The van der Waals surface area contributed by atoms with Crippen LogP contribution >= 0.6 is 0 Å². The molecule has 0 aliphatic heterocycles. The van der Waals surface area contributed by atoms with Gasteiger partial charge in [0, 0.05) is 18.7 Å². The van der Waals surface area contributed by atoms with Crippen LogP contribution in [0.2, 0.25) is 0 Å². The van der Waals surface area contributed by atoms with Crippen molar-refractivity contribution in [3.05, 3.63) is 65.7 Å². The van der Waals surface area contributed by atoms with Crippen LogP contribution in [-0.2, 0) is 16.0 Å². The van der Waals surface area contributed by atoms with E-state index in [0.29, 0.717) is 23.7 Å². The van der Waals surface area contributed by atoms with Crippen molar-refractivity contribution in [3.8, 4) is 0 Å². The van der Waals surface area contributed by atoms with Crippen LogP contribution in [0.15, 0.2) is 54.6 Å². The van der Waals surface area contributed by atoms with Crippen molar-refractivity contribution in [2.24, 2.45) is 5.92 Å². The Morgan fingerprint density at radius 2 is 1.76 bits per heavy atom. The molecule has 0 aromatic heterocycles. The Hall–Kier alpha value is -3.12. The summed E-state index contributed by atoms with van der Waals surface area (Å²) >= 11 is 0. The number of carbonyl (C=O) groups excluding carboxylic acids is 2. The van der Waals surface area contributed by atoms with Gasteiger partial charge in [-0.2, -0.15) is 0 Å². The van der Waals surface area contributed by atoms with E-state index in [1.54, 1.807) is 23.2 Å². The molecule has 2 amide bonds. The lowest BCUT2D eigenvalue weighted by Crippen LogP contribution is -2.49. The zero-order valence-electron chi connectivity index (χ0n) is 19.7. The molecule has 1 aliphatic rings. The van der Waals surface area contributed by atoms with Crippen LogP contribution in [0.4, 0.5) is 11.4 Å². The Labute approximate surface area is 197 Å². The normalized spacial score (nSPS) is 14.5. The number of hydrogen-bond acceptors (Lipinski definition) is 4. The second-order valence-corrected chi connectivity index (χ2v) is 9.05. The largest absolute Gasteiger partial charge is 0.397 e. The summed E-state index contributed by atoms with van der Waals surface area (Å²) in [6.07, 6.45) is 9.98. The molecular formula is C27H36N4O2. The molecular weight excluding hydrogens is 412 g/mol. The maximum atomic E-state index is 12.9. The van der Waals surface area contributed by atoms with Crippen molar-refractivity contribution in [1.29, 1.82) is 0 Å². The summed E-state index contributed by atoms with van der Waals surface area (Å²) in [7, 11) is 0. The second-order valence-electron chi connectivity index (χ2n) is 9.05. The van der Waals surface area contributed by atoms with Gasteiger partial charge in [0.2, 0.25) is 11.8 Å². The summed E-state index contributed by atoms with van der Waals surface area (Å²) in [4.78, 5) is 25.1. The average Bonchev–Trinajstić information content (AvgIpc) is 2.81. The van der Waals surface area contributed by atoms with Gasteiger partial charge in [0.05, 0.1) is 17.8 Å². The van der Waals surface area contributed by atoms with Gasteiger partial charge in [0.25, 0.3) is 0 Å². The SMILES string of the molecule is CC(C)N(NCC1CCCCC1)C(=O)Cc1ccc(/C=C/C(=O)Nc2ccccc2N)cc1. The predicted molar refractivity (Wildman–Crippen MR) is 135 cm³/mol. The number of benzene rings is 2. The van der Waals surface area contributed by atoms with E-state index in [2.05, 4.69) is 10.7 Å². The Kier molecular flexibility index (Phi) is 9.07. The lowest BCUT2D eigenvalue weighted by molar-refractivity contribution is -0.136. The zero-order valence-corrected chi connectivity index (χ0v) is 19.7. The number of anilines is 2. The van der Waals surface area contributed by atoms with Gasteiger partial charge in [-0.15, -0.1) is 0 Å². The zero-order chi connectivity index (χ0) is 23.6. The summed E-state index contributed by atoms with van der Waals surface area (Å²) < 4.78 is 0. The minimum atomic E-state index is -0.247. The fourth-order valence-electron chi connectivity index (χ4n) is 4.14. The van der Waals surface area contributed by atoms with Gasteiger partial charge < -0.3 is 11.1 Å². The van der Waals surface area contributed by atoms with E-state index >= 15 is 0 Å². The van der Waals surface area contributed by atoms with Crippen molar-refractivity contribution >= 4 is 29.3 Å². The lowest BCUT2D eigenvalue weighted by Gasteiger charge is -2.31. The van der Waals surface area contributed by atoms with Crippen molar-refractivity contribution in [2.45, 2.75) is 58.4 Å². The monoisotopic (exact) mass is 448 g/mol. The van der Waals surface area contributed by atoms with Crippen molar-refractivity contribution in [1.82, 2.24) is 10.4 Å². The van der Waals surface area contributed by atoms with E-state index < -0.39 is 0 Å². The molecule has 0 spiro atoms. The lowest BCUT2D eigenvalue weighted by atomic mass is 9.89. The van der Waals surface area contributed by atoms with Gasteiger partial charge >= 0.3 is 0 Å². The Bertz CT molecular complexity index is 947. The Balaban J connectivity index is 1.51. The van der Waals surface area contributed by atoms with Gasteiger partial charge in [-0.1, -0.05) is 55.7 Å². The maximum Gasteiger partial charge on any atom is 0.248 e. The molecule has 0 radical (unpaired) electrons. The molecule has 1 aliphatic carbocycles. The summed E-state index contributed by atoms with van der Waals surface area (Å²) in [6, 6.07) is 14.9. The molecule has 2 aromatic carbocycles. The topological polar surface area (TPSA) is 87.5 Å². The molecule has 6 nitrogen and oxygen atoms in total. The van der Waals surface area contributed by atoms with E-state index in [4.69, 9.17) is 5.73 Å². The van der Waals surface area contributed by atoms with Gasteiger partial charge in [-0.25, -0.2) is 5.43 Å². The van der Waals surface area contributed by atoms with Gasteiger partial charge in [0.15, 0.2) is 0 Å². The number of nitrogen functional groups attached to an aromatic ring is 1. The summed E-state index contributed by atoms with van der Waals surface area (Å²) in [5, 5.41) is 4.55. The Morgan fingerprint density at radius 3 is 2.42 bits per heavy atom. The van der Waals surface area contributed by atoms with Crippen molar-refractivity contribution in [2.75, 3.05) is 17.6 Å². The third-order valence-corrected chi connectivity index (χ3v) is 6.04. The average molecular weight is 449 g/mol. The molecule has 2 aromatic rings. The minimum Gasteiger partial charge on any atom is -0.397 e. The van der Waals surface area contributed by atoms with Gasteiger partial charge in [0.1, 0.15) is 0 Å². The van der Waals surface area contributed by atoms with Crippen LogP contribution in [-0.4, -0.2) is 29.4 Å². The molecule has 176 valence electrons. The number of para-hydroxylation sites is 2. The highest BCUT2D eigenvalue weighted by Gasteiger charge is 2.20. The molecule has 0 atom stereocenters. The molecule has 33 heavy (non-hydrogen) atoms. The molecule has 0 heterocycles. The predicted octanol–water partition coefficient (Wildman–Crippen LogP) is 4.79. The number of amides is 2. The number of nitrogens with two attached hydrogens (primary N) is 1. The van der Waals surface area contributed by atoms with Crippen LogP contribution in [0.25, 0.3) is 6.08 Å². The van der Waals surface area contributed by atoms with Crippen molar-refractivity contribution in [3.63, 3.8) is 0 Å². The summed E-state index contributed by atoms with van der Waals surface area (Å²) in [6.45, 7) is 4.94. The summed E-state index contributed by atoms with van der Waals surface area (Å²) in [5.41, 5.74) is 12.2. The third kappa shape index (κ3) is 7.75. The van der Waals surface area contributed by atoms with E-state index in [9.17, 15) is 9.59 Å². The molecule has 1 saturated carbocycles. The number of hydrazine groups is 1. The first kappa shape index (κ1) is 24.5. The number of nitrogens with zero attached hydrogens (tertiary/aromatic N) is 1. The number of nitrogens with one attached hydrogen (secondary N) is 2. The molecule has 0 bridgehead atoms. The smallest absolute Gasteiger partial charge is 0.248 e. The maximum absolute atomic E-state index is 12.9. The summed E-state index contributed by atoms with van der Waals surface area (Å²) in [5.74, 6) is 0.488. The molecule has 6 heteroatoms. The molecule has 0 unspecified atom stereocenters. The van der Waals surface area contributed by atoms with E-state index in [1.807, 2.05) is 50.2 Å². The first-order valence-corrected chi connectivity index (χ1v) is 11.9. The quantitative estimate of drug-likeness (QED) is 0.293. The highest BCUT2D eigenvalue weighted by Crippen LogP contribution is 2.23. The van der Waals surface area contributed by atoms with Gasteiger partial charge in [-0.3, -0.25) is 14.6 Å².